The van der Waals surface area contributed by atoms with Gasteiger partial charge in [-0.05, 0) is 36.5 Å². The SMILES string of the molecule is CCCCCC(CC(C)C)C1CC1C. The first-order chi connectivity index (χ1) is 6.65. The molecule has 0 saturated heterocycles. The van der Waals surface area contributed by atoms with E-state index in [1.807, 2.05) is 0 Å². The van der Waals surface area contributed by atoms with Crippen LogP contribution in [0.2, 0.25) is 0 Å². The van der Waals surface area contributed by atoms with E-state index in [1.165, 1.54) is 38.5 Å². The minimum absolute atomic E-state index is 0.898. The molecular weight excluding hydrogens is 168 g/mol. The van der Waals surface area contributed by atoms with E-state index >= 15 is 0 Å². The lowest BCUT2D eigenvalue weighted by Gasteiger charge is -2.18. The van der Waals surface area contributed by atoms with E-state index in [0.717, 1.165) is 23.7 Å². The van der Waals surface area contributed by atoms with Gasteiger partial charge in [0.2, 0.25) is 0 Å². The summed E-state index contributed by atoms with van der Waals surface area (Å²) in [5.74, 6) is 4.08. The molecule has 0 aliphatic heterocycles. The minimum Gasteiger partial charge on any atom is -0.0654 e. The van der Waals surface area contributed by atoms with Crippen LogP contribution >= 0.6 is 0 Å². The fourth-order valence-electron chi connectivity index (χ4n) is 2.78. The highest BCUT2D eigenvalue weighted by Crippen LogP contribution is 2.47. The smallest absolute Gasteiger partial charge is 0.0357 e. The van der Waals surface area contributed by atoms with E-state index in [1.54, 1.807) is 0 Å². The summed E-state index contributed by atoms with van der Waals surface area (Å²) in [5, 5.41) is 0. The van der Waals surface area contributed by atoms with E-state index in [-0.39, 0.29) is 0 Å². The highest BCUT2D eigenvalue weighted by molar-refractivity contribution is 4.88. The van der Waals surface area contributed by atoms with Crippen LogP contribution in [0.25, 0.3) is 0 Å². The van der Waals surface area contributed by atoms with Gasteiger partial charge in [-0.25, -0.2) is 0 Å². The third kappa shape index (κ3) is 4.02. The maximum Gasteiger partial charge on any atom is -0.0357 e. The van der Waals surface area contributed by atoms with Crippen molar-refractivity contribution in [2.75, 3.05) is 0 Å². The number of hydrogen-bond donors (Lipinski definition) is 0. The fourth-order valence-corrected chi connectivity index (χ4v) is 2.78. The maximum atomic E-state index is 2.43. The van der Waals surface area contributed by atoms with Crippen molar-refractivity contribution in [3.8, 4) is 0 Å². The van der Waals surface area contributed by atoms with Gasteiger partial charge in [0.25, 0.3) is 0 Å². The topological polar surface area (TPSA) is 0 Å². The van der Waals surface area contributed by atoms with Gasteiger partial charge in [0.1, 0.15) is 0 Å². The third-order valence-electron chi connectivity index (χ3n) is 3.73. The molecule has 0 heterocycles. The molecule has 0 aromatic rings. The van der Waals surface area contributed by atoms with E-state index in [0.29, 0.717) is 0 Å². The van der Waals surface area contributed by atoms with Crippen LogP contribution in [0.3, 0.4) is 0 Å². The summed E-state index contributed by atoms with van der Waals surface area (Å²) >= 11 is 0. The van der Waals surface area contributed by atoms with Gasteiger partial charge in [-0.2, -0.15) is 0 Å². The zero-order valence-corrected chi connectivity index (χ0v) is 10.6. The van der Waals surface area contributed by atoms with Gasteiger partial charge in [-0.3, -0.25) is 0 Å². The fraction of sp³-hybridized carbons (Fsp3) is 1.00. The van der Waals surface area contributed by atoms with Crippen LogP contribution in [-0.2, 0) is 0 Å². The minimum atomic E-state index is 0.898. The summed E-state index contributed by atoms with van der Waals surface area (Å²) in [6.45, 7) is 9.48. The van der Waals surface area contributed by atoms with Crippen molar-refractivity contribution >= 4 is 0 Å². The van der Waals surface area contributed by atoms with Gasteiger partial charge < -0.3 is 0 Å². The molecule has 0 bridgehead atoms. The van der Waals surface area contributed by atoms with Crippen LogP contribution in [0.15, 0.2) is 0 Å². The van der Waals surface area contributed by atoms with Gasteiger partial charge in [-0.15, -0.1) is 0 Å². The molecule has 3 atom stereocenters. The molecule has 1 saturated carbocycles. The average molecular weight is 196 g/mol. The Morgan fingerprint density at radius 2 is 1.86 bits per heavy atom. The van der Waals surface area contributed by atoms with Gasteiger partial charge >= 0.3 is 0 Å². The van der Waals surface area contributed by atoms with Crippen LogP contribution in [-0.4, -0.2) is 0 Å². The molecule has 84 valence electrons. The second-order valence-electron chi connectivity index (χ2n) is 5.76. The molecule has 1 aliphatic carbocycles. The van der Waals surface area contributed by atoms with Gasteiger partial charge in [0.15, 0.2) is 0 Å². The van der Waals surface area contributed by atoms with Gasteiger partial charge in [-0.1, -0.05) is 53.4 Å². The van der Waals surface area contributed by atoms with Crippen molar-refractivity contribution in [2.24, 2.45) is 23.7 Å². The molecular formula is C14H28. The molecule has 1 fully saturated rings. The predicted molar refractivity (Wildman–Crippen MR) is 64.4 cm³/mol. The summed E-state index contributed by atoms with van der Waals surface area (Å²) in [4.78, 5) is 0. The Morgan fingerprint density at radius 1 is 1.21 bits per heavy atom. The molecule has 1 rings (SSSR count). The molecule has 1 aliphatic rings. The first kappa shape index (κ1) is 12.1. The lowest BCUT2D eigenvalue weighted by molar-refractivity contribution is 0.325. The van der Waals surface area contributed by atoms with E-state index in [9.17, 15) is 0 Å². The molecule has 3 unspecified atom stereocenters. The molecule has 0 heteroatoms. The second kappa shape index (κ2) is 5.78. The van der Waals surface area contributed by atoms with Crippen LogP contribution < -0.4 is 0 Å². The second-order valence-corrected chi connectivity index (χ2v) is 5.76. The monoisotopic (exact) mass is 196 g/mol. The number of unbranched alkanes of at least 4 members (excludes halogenated alkanes) is 2. The molecule has 14 heavy (non-hydrogen) atoms. The summed E-state index contributed by atoms with van der Waals surface area (Å²) in [7, 11) is 0. The normalized spacial score (nSPS) is 28.1. The van der Waals surface area contributed by atoms with Crippen LogP contribution in [0.1, 0.15) is 66.2 Å². The van der Waals surface area contributed by atoms with Crippen LogP contribution in [0, 0.1) is 23.7 Å². The van der Waals surface area contributed by atoms with Gasteiger partial charge in [0, 0.05) is 0 Å². The summed E-state index contributed by atoms with van der Waals surface area (Å²) in [6.07, 6.45) is 8.77. The quantitative estimate of drug-likeness (QED) is 0.509. The first-order valence-corrected chi connectivity index (χ1v) is 6.65. The molecule has 0 amide bonds. The Balaban J connectivity index is 2.22. The maximum absolute atomic E-state index is 2.43. The zero-order chi connectivity index (χ0) is 10.6. The van der Waals surface area contributed by atoms with Crippen molar-refractivity contribution in [1.82, 2.24) is 0 Å². The number of hydrogen-bond acceptors (Lipinski definition) is 0. The van der Waals surface area contributed by atoms with Gasteiger partial charge in [0.05, 0.1) is 0 Å². The Morgan fingerprint density at radius 3 is 2.29 bits per heavy atom. The highest BCUT2D eigenvalue weighted by Gasteiger charge is 2.38. The summed E-state index contributed by atoms with van der Waals surface area (Å²) in [6, 6.07) is 0. The highest BCUT2D eigenvalue weighted by atomic mass is 14.4. The molecule has 0 radical (unpaired) electrons. The van der Waals surface area contributed by atoms with Crippen LogP contribution in [0.4, 0.5) is 0 Å². The van der Waals surface area contributed by atoms with Crippen molar-refractivity contribution < 1.29 is 0 Å². The average Bonchev–Trinajstić information content (AvgIpc) is 2.81. The standard InChI is InChI=1S/C14H28/c1-5-6-7-8-13(9-11(2)3)14-10-12(14)4/h11-14H,5-10H2,1-4H3. The van der Waals surface area contributed by atoms with E-state index < -0.39 is 0 Å². The number of rotatable bonds is 7. The summed E-state index contributed by atoms with van der Waals surface area (Å²) < 4.78 is 0. The Hall–Kier alpha value is 0. The van der Waals surface area contributed by atoms with Crippen molar-refractivity contribution in [3.05, 3.63) is 0 Å². The Labute approximate surface area is 90.5 Å². The van der Waals surface area contributed by atoms with E-state index in [2.05, 4.69) is 27.7 Å². The summed E-state index contributed by atoms with van der Waals surface area (Å²) in [5.41, 5.74) is 0. The largest absolute Gasteiger partial charge is 0.0654 e. The predicted octanol–water partition coefficient (Wildman–Crippen LogP) is 4.89. The van der Waals surface area contributed by atoms with Crippen molar-refractivity contribution in [2.45, 2.75) is 66.2 Å². The lowest BCUT2D eigenvalue weighted by atomic mass is 9.87. The Kier molecular flexibility index (Phi) is 4.98. The zero-order valence-electron chi connectivity index (χ0n) is 10.6. The first-order valence-electron chi connectivity index (χ1n) is 6.65. The molecule has 0 spiro atoms. The van der Waals surface area contributed by atoms with Crippen LogP contribution in [0.5, 0.6) is 0 Å². The lowest BCUT2D eigenvalue weighted by Crippen LogP contribution is -2.08. The van der Waals surface area contributed by atoms with E-state index in [4.69, 9.17) is 0 Å². The van der Waals surface area contributed by atoms with Crippen molar-refractivity contribution in [1.29, 1.82) is 0 Å². The van der Waals surface area contributed by atoms with Crippen molar-refractivity contribution in [3.63, 3.8) is 0 Å². The molecule has 0 aromatic carbocycles. The Bertz CT molecular complexity index is 148. The third-order valence-corrected chi connectivity index (χ3v) is 3.73. The molecule has 0 aromatic heterocycles. The molecule has 0 nitrogen and oxygen atoms in total. The molecule has 0 N–H and O–H groups in total.